The van der Waals surface area contributed by atoms with Crippen molar-refractivity contribution in [2.45, 2.75) is 11.8 Å². The van der Waals surface area contributed by atoms with Crippen LogP contribution in [0.15, 0.2) is 6.07 Å². The van der Waals surface area contributed by atoms with E-state index in [9.17, 15) is 8.78 Å². The SMILES string of the molecule is COc1nc(C(F)F)cc(CBr)c1OC. The first-order valence-electron chi connectivity index (χ1n) is 4.10. The van der Waals surface area contributed by atoms with Crippen molar-refractivity contribution in [3.63, 3.8) is 0 Å². The molecule has 0 aliphatic rings. The van der Waals surface area contributed by atoms with Crippen molar-refractivity contribution < 1.29 is 18.3 Å². The third-order valence-electron chi connectivity index (χ3n) is 1.80. The van der Waals surface area contributed by atoms with Gasteiger partial charge in [0.25, 0.3) is 12.3 Å². The zero-order valence-corrected chi connectivity index (χ0v) is 9.85. The van der Waals surface area contributed by atoms with E-state index in [0.29, 0.717) is 16.6 Å². The standard InChI is InChI=1S/C9H10BrF2NO2/c1-14-7-5(4-10)3-6(8(11)12)13-9(7)15-2/h3,8H,4H2,1-2H3. The second-order valence-corrected chi connectivity index (χ2v) is 3.24. The van der Waals surface area contributed by atoms with Crippen LogP contribution < -0.4 is 9.47 Å². The van der Waals surface area contributed by atoms with Gasteiger partial charge in [0.15, 0.2) is 5.75 Å². The van der Waals surface area contributed by atoms with E-state index in [2.05, 4.69) is 20.9 Å². The molecular weight excluding hydrogens is 272 g/mol. The lowest BCUT2D eigenvalue weighted by Crippen LogP contribution is -2.01. The van der Waals surface area contributed by atoms with E-state index >= 15 is 0 Å². The van der Waals surface area contributed by atoms with Crippen LogP contribution in [0.25, 0.3) is 0 Å². The molecule has 0 aliphatic heterocycles. The first kappa shape index (κ1) is 12.2. The van der Waals surface area contributed by atoms with Gasteiger partial charge in [0.2, 0.25) is 0 Å². The van der Waals surface area contributed by atoms with E-state index in [1.54, 1.807) is 0 Å². The molecule has 0 N–H and O–H groups in total. The molecule has 15 heavy (non-hydrogen) atoms. The van der Waals surface area contributed by atoms with Crippen molar-refractivity contribution in [1.82, 2.24) is 4.98 Å². The highest BCUT2D eigenvalue weighted by Crippen LogP contribution is 2.33. The zero-order valence-electron chi connectivity index (χ0n) is 8.26. The van der Waals surface area contributed by atoms with Gasteiger partial charge in [-0.05, 0) is 6.07 Å². The second-order valence-electron chi connectivity index (χ2n) is 2.68. The number of methoxy groups -OCH3 is 2. The van der Waals surface area contributed by atoms with E-state index in [1.165, 1.54) is 20.3 Å². The van der Waals surface area contributed by atoms with Gasteiger partial charge in [0, 0.05) is 10.9 Å². The molecule has 1 aromatic rings. The van der Waals surface area contributed by atoms with E-state index in [0.717, 1.165) is 0 Å². The molecule has 0 amide bonds. The average Bonchev–Trinajstić information content (AvgIpc) is 2.26. The predicted octanol–water partition coefficient (Wildman–Crippen LogP) is 2.93. The summed E-state index contributed by atoms with van der Waals surface area (Å²) < 4.78 is 34.8. The molecule has 0 radical (unpaired) electrons. The molecular formula is C9H10BrF2NO2. The molecule has 0 atom stereocenters. The van der Waals surface area contributed by atoms with Crippen LogP contribution in [0.1, 0.15) is 17.7 Å². The Hall–Kier alpha value is -0.910. The summed E-state index contributed by atoms with van der Waals surface area (Å²) >= 11 is 3.19. The van der Waals surface area contributed by atoms with Crippen molar-refractivity contribution in [3.05, 3.63) is 17.3 Å². The molecule has 3 nitrogen and oxygen atoms in total. The highest BCUT2D eigenvalue weighted by molar-refractivity contribution is 9.08. The number of nitrogens with zero attached hydrogens (tertiary/aromatic N) is 1. The summed E-state index contributed by atoms with van der Waals surface area (Å²) in [7, 11) is 2.80. The minimum absolute atomic E-state index is 0.0738. The number of rotatable bonds is 4. The van der Waals surface area contributed by atoms with Crippen LogP contribution in [-0.2, 0) is 5.33 Å². The maximum atomic E-state index is 12.5. The van der Waals surface area contributed by atoms with Crippen molar-refractivity contribution >= 4 is 15.9 Å². The molecule has 0 aromatic carbocycles. The number of pyridine rings is 1. The van der Waals surface area contributed by atoms with Gasteiger partial charge in [-0.2, -0.15) is 0 Å². The summed E-state index contributed by atoms with van der Waals surface area (Å²) in [6.45, 7) is 0. The molecule has 0 saturated carbocycles. The molecule has 1 heterocycles. The van der Waals surface area contributed by atoms with Gasteiger partial charge in [-0.1, -0.05) is 15.9 Å². The van der Waals surface area contributed by atoms with Crippen LogP contribution in [0, 0.1) is 0 Å². The minimum Gasteiger partial charge on any atom is -0.491 e. The summed E-state index contributed by atoms with van der Waals surface area (Å²) in [5, 5.41) is 0.398. The molecule has 1 aromatic heterocycles. The highest BCUT2D eigenvalue weighted by Gasteiger charge is 2.17. The van der Waals surface area contributed by atoms with E-state index in [1.807, 2.05) is 0 Å². The summed E-state index contributed by atoms with van der Waals surface area (Å²) in [4.78, 5) is 3.65. The highest BCUT2D eigenvalue weighted by atomic mass is 79.9. The van der Waals surface area contributed by atoms with Crippen molar-refractivity contribution in [3.8, 4) is 11.6 Å². The monoisotopic (exact) mass is 281 g/mol. The van der Waals surface area contributed by atoms with Gasteiger partial charge in [0.05, 0.1) is 14.2 Å². The quantitative estimate of drug-likeness (QED) is 0.796. The molecule has 0 bridgehead atoms. The lowest BCUT2D eigenvalue weighted by atomic mass is 10.2. The van der Waals surface area contributed by atoms with Gasteiger partial charge < -0.3 is 9.47 Å². The first-order valence-corrected chi connectivity index (χ1v) is 5.22. The Bertz CT molecular complexity index is 322. The maximum absolute atomic E-state index is 12.5. The zero-order chi connectivity index (χ0) is 11.4. The third kappa shape index (κ3) is 2.56. The normalized spacial score (nSPS) is 10.5. The Balaban J connectivity index is 3.29. The Morgan fingerprint density at radius 2 is 2.07 bits per heavy atom. The summed E-state index contributed by atoms with van der Waals surface area (Å²) in [5.74, 6) is 0.448. The largest absolute Gasteiger partial charge is 0.491 e. The van der Waals surface area contributed by atoms with Crippen LogP contribution in [0.5, 0.6) is 11.6 Å². The smallest absolute Gasteiger partial charge is 0.280 e. The number of ether oxygens (including phenoxy) is 2. The van der Waals surface area contributed by atoms with E-state index in [4.69, 9.17) is 9.47 Å². The lowest BCUT2D eigenvalue weighted by Gasteiger charge is -2.12. The summed E-state index contributed by atoms with van der Waals surface area (Å²) in [5.41, 5.74) is 0.266. The Labute approximate surface area is 94.5 Å². The lowest BCUT2D eigenvalue weighted by molar-refractivity contribution is 0.144. The number of aromatic nitrogens is 1. The maximum Gasteiger partial charge on any atom is 0.280 e. The predicted molar refractivity (Wildman–Crippen MR) is 54.9 cm³/mol. The van der Waals surface area contributed by atoms with Crippen LogP contribution in [-0.4, -0.2) is 19.2 Å². The van der Waals surface area contributed by atoms with Gasteiger partial charge in [-0.25, -0.2) is 13.8 Å². The van der Waals surface area contributed by atoms with Crippen LogP contribution in [0.4, 0.5) is 8.78 Å². The summed E-state index contributed by atoms with van der Waals surface area (Å²) in [6.07, 6.45) is -2.62. The Morgan fingerprint density at radius 3 is 2.47 bits per heavy atom. The molecule has 6 heteroatoms. The molecule has 0 aliphatic carbocycles. The number of halogens is 3. The molecule has 0 fully saturated rings. The molecule has 0 unspecified atom stereocenters. The number of alkyl halides is 3. The van der Waals surface area contributed by atoms with Crippen molar-refractivity contribution in [1.29, 1.82) is 0 Å². The van der Waals surface area contributed by atoms with Gasteiger partial charge in [-0.15, -0.1) is 0 Å². The topological polar surface area (TPSA) is 31.4 Å². The van der Waals surface area contributed by atoms with Crippen molar-refractivity contribution in [2.75, 3.05) is 14.2 Å². The molecule has 1 rings (SSSR count). The second kappa shape index (κ2) is 5.25. The van der Waals surface area contributed by atoms with Gasteiger partial charge >= 0.3 is 0 Å². The van der Waals surface area contributed by atoms with Gasteiger partial charge in [-0.3, -0.25) is 0 Å². The number of hydrogen-bond donors (Lipinski definition) is 0. The number of hydrogen-bond acceptors (Lipinski definition) is 3. The van der Waals surface area contributed by atoms with Crippen LogP contribution >= 0.6 is 15.9 Å². The molecule has 0 saturated heterocycles. The summed E-state index contributed by atoms with van der Waals surface area (Å²) in [6, 6.07) is 1.29. The fourth-order valence-electron chi connectivity index (χ4n) is 1.15. The fourth-order valence-corrected chi connectivity index (χ4v) is 1.57. The third-order valence-corrected chi connectivity index (χ3v) is 2.41. The molecule has 84 valence electrons. The van der Waals surface area contributed by atoms with Crippen molar-refractivity contribution in [2.24, 2.45) is 0 Å². The molecule has 0 spiro atoms. The Kier molecular flexibility index (Phi) is 4.26. The van der Waals surface area contributed by atoms with E-state index in [-0.39, 0.29) is 11.6 Å². The minimum atomic E-state index is -2.62. The van der Waals surface area contributed by atoms with Gasteiger partial charge in [0.1, 0.15) is 5.69 Å². The first-order chi connectivity index (χ1) is 7.13. The van der Waals surface area contributed by atoms with Crippen LogP contribution in [0.3, 0.4) is 0 Å². The van der Waals surface area contributed by atoms with Crippen LogP contribution in [0.2, 0.25) is 0 Å². The Morgan fingerprint density at radius 1 is 1.40 bits per heavy atom. The average molecular weight is 282 g/mol. The fraction of sp³-hybridized carbons (Fsp3) is 0.444. The van der Waals surface area contributed by atoms with E-state index < -0.39 is 6.43 Å².